The second-order valence-electron chi connectivity index (χ2n) is 11.7. The second-order valence-corrected chi connectivity index (χ2v) is 12.6. The number of hydrogen-bond donors (Lipinski definition) is 0. The number of nitrogens with zero attached hydrogens (tertiary/aromatic N) is 3. The van der Waals surface area contributed by atoms with Crippen molar-refractivity contribution in [2.45, 2.75) is 37.6 Å². The summed E-state index contributed by atoms with van der Waals surface area (Å²) in [6.07, 6.45) is 3.40. The number of fused-ring (bicyclic) bond motifs is 1. The van der Waals surface area contributed by atoms with Crippen LogP contribution in [0.25, 0.3) is 4.85 Å². The van der Waals surface area contributed by atoms with Gasteiger partial charge < -0.3 is 14.5 Å². The number of hydrogen-bond acceptors (Lipinski definition) is 3. The van der Waals surface area contributed by atoms with Crippen molar-refractivity contribution >= 4 is 40.5 Å². The first-order chi connectivity index (χ1) is 21.5. The SMILES string of the molecule is [C-]#[N+]c1ccc(OCCCN2CCC(C3(Cc4cccc(Cl)c4)C(=O)N(Cc4cccc(Cl)c4)c4ccccc43)CC2)cc1. The summed E-state index contributed by atoms with van der Waals surface area (Å²) in [7, 11) is 0. The largest absolute Gasteiger partial charge is 0.494 e. The summed E-state index contributed by atoms with van der Waals surface area (Å²) in [5.74, 6) is 1.14. The third-order valence-corrected chi connectivity index (χ3v) is 9.51. The quantitative estimate of drug-likeness (QED) is 0.131. The Kier molecular flexibility index (Phi) is 9.23. The summed E-state index contributed by atoms with van der Waals surface area (Å²) < 4.78 is 5.91. The summed E-state index contributed by atoms with van der Waals surface area (Å²) in [6, 6.07) is 31.3. The number of carbonyl (C=O) groups excluding carboxylic acids is 1. The van der Waals surface area contributed by atoms with Gasteiger partial charge in [-0.1, -0.05) is 77.8 Å². The van der Waals surface area contributed by atoms with Gasteiger partial charge in [-0.05, 0) is 104 Å². The molecule has 0 spiro atoms. The van der Waals surface area contributed by atoms with Crippen molar-refractivity contribution in [3.05, 3.63) is 135 Å². The summed E-state index contributed by atoms with van der Waals surface area (Å²) >= 11 is 12.8. The molecule has 2 aliphatic rings. The highest BCUT2D eigenvalue weighted by Gasteiger charge is 2.55. The van der Waals surface area contributed by atoms with Crippen LogP contribution in [-0.2, 0) is 23.2 Å². The minimum Gasteiger partial charge on any atom is -0.494 e. The Labute approximate surface area is 269 Å². The molecule has 6 rings (SSSR count). The maximum Gasteiger partial charge on any atom is 0.238 e. The molecule has 0 saturated carbocycles. The highest BCUT2D eigenvalue weighted by Crippen LogP contribution is 2.51. The molecule has 7 heteroatoms. The van der Waals surface area contributed by atoms with E-state index in [0.29, 0.717) is 35.3 Å². The van der Waals surface area contributed by atoms with Gasteiger partial charge in [0.1, 0.15) is 5.75 Å². The van der Waals surface area contributed by atoms with Crippen LogP contribution in [0.1, 0.15) is 36.0 Å². The topological polar surface area (TPSA) is 37.1 Å². The van der Waals surface area contributed by atoms with E-state index in [2.05, 4.69) is 34.0 Å². The predicted molar refractivity (Wildman–Crippen MR) is 178 cm³/mol. The van der Waals surface area contributed by atoms with Crippen molar-refractivity contribution in [1.82, 2.24) is 4.90 Å². The number of piperidine rings is 1. The molecule has 1 unspecified atom stereocenters. The standard InChI is InChI=1S/C37H35Cl2N3O2/c1-40-32-13-15-33(16-14-32)44-22-6-19-41-20-17-29(18-21-41)37(25-27-7-4-9-30(38)23-27)34-11-2-3-12-35(34)42(36(37)43)26-28-8-5-10-31(39)24-28/h2-5,7-16,23-24,29H,6,17-22,25-26H2. The fraction of sp³-hybridized carbons (Fsp3) is 0.297. The zero-order valence-electron chi connectivity index (χ0n) is 24.6. The molecular weight excluding hydrogens is 589 g/mol. The van der Waals surface area contributed by atoms with E-state index >= 15 is 0 Å². The lowest BCUT2D eigenvalue weighted by molar-refractivity contribution is -0.126. The molecule has 1 atom stereocenters. The average Bonchev–Trinajstić information content (AvgIpc) is 3.27. The van der Waals surface area contributed by atoms with Crippen LogP contribution in [0, 0.1) is 12.5 Å². The molecule has 0 aromatic heterocycles. The highest BCUT2D eigenvalue weighted by molar-refractivity contribution is 6.31. The zero-order valence-corrected chi connectivity index (χ0v) is 26.1. The average molecular weight is 625 g/mol. The lowest BCUT2D eigenvalue weighted by Crippen LogP contribution is -2.51. The summed E-state index contributed by atoms with van der Waals surface area (Å²) in [6.45, 7) is 11.0. The van der Waals surface area contributed by atoms with Crippen molar-refractivity contribution in [2.75, 3.05) is 31.1 Å². The van der Waals surface area contributed by atoms with E-state index in [-0.39, 0.29) is 11.8 Å². The normalized spacial score (nSPS) is 18.7. The van der Waals surface area contributed by atoms with Gasteiger partial charge >= 0.3 is 0 Å². The van der Waals surface area contributed by atoms with E-state index in [1.807, 2.05) is 65.6 Å². The number of likely N-dealkylation sites (tertiary alicyclic amines) is 1. The van der Waals surface area contributed by atoms with Crippen LogP contribution in [-0.4, -0.2) is 37.0 Å². The fourth-order valence-electron chi connectivity index (χ4n) is 6.95. The van der Waals surface area contributed by atoms with Crippen molar-refractivity contribution < 1.29 is 9.53 Å². The Bertz CT molecular complexity index is 1660. The molecule has 2 aliphatic heterocycles. The summed E-state index contributed by atoms with van der Waals surface area (Å²) in [5.41, 5.74) is 4.13. The maximum atomic E-state index is 14.8. The monoisotopic (exact) mass is 623 g/mol. The summed E-state index contributed by atoms with van der Waals surface area (Å²) in [5, 5.41) is 1.36. The molecule has 224 valence electrons. The molecule has 0 radical (unpaired) electrons. The molecule has 2 heterocycles. The number of amides is 1. The Balaban J connectivity index is 1.20. The van der Waals surface area contributed by atoms with E-state index in [0.717, 1.165) is 67.0 Å². The van der Waals surface area contributed by atoms with Gasteiger partial charge in [-0.15, -0.1) is 0 Å². The Morgan fingerprint density at radius 1 is 0.864 bits per heavy atom. The Morgan fingerprint density at radius 2 is 1.55 bits per heavy atom. The molecule has 0 bridgehead atoms. The number of carbonyl (C=O) groups is 1. The number of ether oxygens (including phenoxy) is 1. The van der Waals surface area contributed by atoms with E-state index < -0.39 is 5.41 Å². The first kappa shape index (κ1) is 30.2. The highest BCUT2D eigenvalue weighted by atomic mass is 35.5. The Morgan fingerprint density at radius 3 is 2.25 bits per heavy atom. The number of anilines is 1. The van der Waals surface area contributed by atoms with Gasteiger partial charge in [0, 0.05) is 22.3 Å². The lowest BCUT2D eigenvalue weighted by Gasteiger charge is -2.42. The van der Waals surface area contributed by atoms with Gasteiger partial charge in [0.05, 0.1) is 25.1 Å². The minimum absolute atomic E-state index is 0.162. The third-order valence-electron chi connectivity index (χ3n) is 9.04. The van der Waals surface area contributed by atoms with Crippen LogP contribution in [0.4, 0.5) is 11.4 Å². The van der Waals surface area contributed by atoms with Crippen LogP contribution in [0.3, 0.4) is 0 Å². The number of benzene rings is 4. The molecule has 1 saturated heterocycles. The molecule has 5 nitrogen and oxygen atoms in total. The molecule has 4 aromatic carbocycles. The van der Waals surface area contributed by atoms with Crippen molar-refractivity contribution in [3.63, 3.8) is 0 Å². The van der Waals surface area contributed by atoms with Gasteiger partial charge in [0.25, 0.3) is 0 Å². The fourth-order valence-corrected chi connectivity index (χ4v) is 7.38. The van der Waals surface area contributed by atoms with Crippen LogP contribution in [0.5, 0.6) is 5.75 Å². The van der Waals surface area contributed by atoms with E-state index in [9.17, 15) is 4.79 Å². The zero-order chi connectivity index (χ0) is 30.5. The first-order valence-corrected chi connectivity index (χ1v) is 15.9. The van der Waals surface area contributed by atoms with Crippen LogP contribution < -0.4 is 9.64 Å². The van der Waals surface area contributed by atoms with Crippen molar-refractivity contribution in [2.24, 2.45) is 5.92 Å². The smallest absolute Gasteiger partial charge is 0.238 e. The van der Waals surface area contributed by atoms with Gasteiger partial charge in [-0.3, -0.25) is 4.79 Å². The number of rotatable bonds is 10. The molecule has 1 amide bonds. The van der Waals surface area contributed by atoms with Gasteiger partial charge in [-0.2, -0.15) is 0 Å². The first-order valence-electron chi connectivity index (χ1n) is 15.2. The number of halogens is 2. The lowest BCUT2D eigenvalue weighted by atomic mass is 9.64. The molecule has 0 N–H and O–H groups in total. The van der Waals surface area contributed by atoms with Gasteiger partial charge in [0.15, 0.2) is 5.69 Å². The van der Waals surface area contributed by atoms with E-state index in [1.165, 1.54) is 0 Å². The Hall–Kier alpha value is -3.82. The van der Waals surface area contributed by atoms with E-state index in [4.69, 9.17) is 34.5 Å². The van der Waals surface area contributed by atoms with Crippen LogP contribution >= 0.6 is 23.2 Å². The van der Waals surface area contributed by atoms with Crippen LogP contribution in [0.2, 0.25) is 10.0 Å². The third kappa shape index (κ3) is 6.35. The maximum absolute atomic E-state index is 14.8. The summed E-state index contributed by atoms with van der Waals surface area (Å²) in [4.78, 5) is 22.7. The predicted octanol–water partition coefficient (Wildman–Crippen LogP) is 8.75. The molecular formula is C37H35Cl2N3O2. The van der Waals surface area contributed by atoms with Crippen molar-refractivity contribution in [1.29, 1.82) is 0 Å². The molecule has 4 aromatic rings. The van der Waals surface area contributed by atoms with Crippen LogP contribution in [0.15, 0.2) is 97.1 Å². The van der Waals surface area contributed by atoms with E-state index in [1.54, 1.807) is 12.1 Å². The molecule has 1 fully saturated rings. The molecule has 44 heavy (non-hydrogen) atoms. The van der Waals surface area contributed by atoms with Crippen molar-refractivity contribution in [3.8, 4) is 5.75 Å². The van der Waals surface area contributed by atoms with Gasteiger partial charge in [0.2, 0.25) is 5.91 Å². The van der Waals surface area contributed by atoms with Gasteiger partial charge in [-0.25, -0.2) is 4.85 Å². The minimum atomic E-state index is -0.674. The molecule has 0 aliphatic carbocycles. The second kappa shape index (κ2) is 13.4. The number of para-hydroxylation sites is 1.